The Kier molecular flexibility index (Phi) is 5.85. The number of hydrogen-bond donors (Lipinski definition) is 2. The normalized spacial score (nSPS) is 15.1. The van der Waals surface area contributed by atoms with Gasteiger partial charge in [-0.1, -0.05) is 0 Å². The van der Waals surface area contributed by atoms with E-state index < -0.39 is 6.10 Å². The molecule has 0 saturated heterocycles. The molecule has 0 bridgehead atoms. The maximum absolute atomic E-state index is 9.76. The highest BCUT2D eigenvalue weighted by Gasteiger charge is 2.14. The Hall–Kier alpha value is -0.840. The van der Waals surface area contributed by atoms with E-state index in [9.17, 15) is 5.11 Å². The first-order valence-corrected chi connectivity index (χ1v) is 6.50. The monoisotopic (exact) mass is 255 g/mol. The number of furan rings is 1. The molecule has 0 saturated carbocycles. The van der Waals surface area contributed by atoms with Crippen molar-refractivity contribution < 1.29 is 14.3 Å². The van der Waals surface area contributed by atoms with Gasteiger partial charge in [-0.2, -0.15) is 0 Å². The standard InChI is InChI=1S/C14H25NO3/c1-9(2)17-8-13(16)7-15-11(4)14-6-10(3)18-12(14)5/h6,9,11,13,15-16H,7-8H2,1-5H3. The fourth-order valence-electron chi connectivity index (χ4n) is 1.87. The van der Waals surface area contributed by atoms with Crippen LogP contribution in [0, 0.1) is 13.8 Å². The summed E-state index contributed by atoms with van der Waals surface area (Å²) in [5, 5.41) is 13.0. The third kappa shape index (κ3) is 4.80. The van der Waals surface area contributed by atoms with E-state index in [-0.39, 0.29) is 12.1 Å². The van der Waals surface area contributed by atoms with E-state index in [1.165, 1.54) is 0 Å². The summed E-state index contributed by atoms with van der Waals surface area (Å²) in [5.41, 5.74) is 1.14. The van der Waals surface area contributed by atoms with Crippen LogP contribution in [0.5, 0.6) is 0 Å². The Morgan fingerprint density at radius 1 is 1.33 bits per heavy atom. The van der Waals surface area contributed by atoms with Crippen molar-refractivity contribution in [3.05, 3.63) is 23.2 Å². The Morgan fingerprint density at radius 2 is 2.00 bits per heavy atom. The Balaban J connectivity index is 2.37. The number of aliphatic hydroxyl groups is 1. The van der Waals surface area contributed by atoms with Crippen molar-refractivity contribution in [2.75, 3.05) is 13.2 Å². The quantitative estimate of drug-likeness (QED) is 0.785. The van der Waals surface area contributed by atoms with E-state index in [1.54, 1.807) is 0 Å². The van der Waals surface area contributed by atoms with Gasteiger partial charge in [-0.15, -0.1) is 0 Å². The molecule has 0 fully saturated rings. The number of hydrogen-bond acceptors (Lipinski definition) is 4. The second-order valence-electron chi connectivity index (χ2n) is 5.03. The van der Waals surface area contributed by atoms with Crippen LogP contribution < -0.4 is 5.32 Å². The molecule has 2 atom stereocenters. The summed E-state index contributed by atoms with van der Waals surface area (Å²) in [6.45, 7) is 10.7. The Morgan fingerprint density at radius 3 is 2.50 bits per heavy atom. The summed E-state index contributed by atoms with van der Waals surface area (Å²) in [6, 6.07) is 2.19. The summed E-state index contributed by atoms with van der Waals surface area (Å²) >= 11 is 0. The third-order valence-electron chi connectivity index (χ3n) is 2.83. The zero-order valence-electron chi connectivity index (χ0n) is 12.0. The summed E-state index contributed by atoms with van der Waals surface area (Å²) in [7, 11) is 0. The molecule has 0 spiro atoms. The van der Waals surface area contributed by atoms with Gasteiger partial charge in [0.15, 0.2) is 0 Å². The van der Waals surface area contributed by atoms with Crippen LogP contribution in [0.1, 0.15) is 43.9 Å². The smallest absolute Gasteiger partial charge is 0.105 e. The van der Waals surface area contributed by atoms with Crippen molar-refractivity contribution in [2.24, 2.45) is 0 Å². The molecule has 0 aliphatic rings. The summed E-state index contributed by atoms with van der Waals surface area (Å²) in [4.78, 5) is 0. The average Bonchev–Trinajstić information content (AvgIpc) is 2.62. The van der Waals surface area contributed by atoms with E-state index in [0.29, 0.717) is 13.2 Å². The molecule has 1 heterocycles. The van der Waals surface area contributed by atoms with E-state index >= 15 is 0 Å². The zero-order chi connectivity index (χ0) is 13.7. The van der Waals surface area contributed by atoms with Crippen LogP contribution in [-0.2, 0) is 4.74 Å². The molecule has 18 heavy (non-hydrogen) atoms. The number of aliphatic hydroxyl groups excluding tert-OH is 1. The lowest BCUT2D eigenvalue weighted by Crippen LogP contribution is -2.32. The highest BCUT2D eigenvalue weighted by atomic mass is 16.5. The number of rotatable bonds is 7. The first kappa shape index (κ1) is 15.2. The predicted molar refractivity (Wildman–Crippen MR) is 71.7 cm³/mol. The summed E-state index contributed by atoms with van der Waals surface area (Å²) in [6.07, 6.45) is -0.334. The molecule has 2 unspecified atom stereocenters. The van der Waals surface area contributed by atoms with Crippen LogP contribution in [0.3, 0.4) is 0 Å². The topological polar surface area (TPSA) is 54.6 Å². The van der Waals surface area contributed by atoms with Gasteiger partial charge < -0.3 is 19.6 Å². The highest BCUT2D eigenvalue weighted by molar-refractivity contribution is 5.23. The van der Waals surface area contributed by atoms with Crippen molar-refractivity contribution in [3.63, 3.8) is 0 Å². The molecule has 1 rings (SSSR count). The molecule has 1 aromatic rings. The zero-order valence-corrected chi connectivity index (χ0v) is 12.0. The molecular weight excluding hydrogens is 230 g/mol. The molecule has 0 amide bonds. The van der Waals surface area contributed by atoms with Crippen LogP contribution in [0.4, 0.5) is 0 Å². The van der Waals surface area contributed by atoms with Crippen molar-refractivity contribution >= 4 is 0 Å². The maximum Gasteiger partial charge on any atom is 0.105 e. The van der Waals surface area contributed by atoms with Crippen molar-refractivity contribution in [2.45, 2.75) is 52.9 Å². The SMILES string of the molecule is Cc1cc(C(C)NCC(O)COC(C)C)c(C)o1. The highest BCUT2D eigenvalue weighted by Crippen LogP contribution is 2.20. The molecule has 0 aliphatic heterocycles. The first-order valence-electron chi connectivity index (χ1n) is 6.50. The van der Waals surface area contributed by atoms with Crippen LogP contribution in [0.15, 0.2) is 10.5 Å². The fraction of sp³-hybridized carbons (Fsp3) is 0.714. The molecule has 0 aromatic carbocycles. The third-order valence-corrected chi connectivity index (χ3v) is 2.83. The fourth-order valence-corrected chi connectivity index (χ4v) is 1.87. The van der Waals surface area contributed by atoms with E-state index in [1.807, 2.05) is 33.8 Å². The van der Waals surface area contributed by atoms with Gasteiger partial charge in [0.25, 0.3) is 0 Å². The van der Waals surface area contributed by atoms with Gasteiger partial charge in [-0.3, -0.25) is 0 Å². The van der Waals surface area contributed by atoms with E-state index in [2.05, 4.69) is 12.2 Å². The molecule has 4 nitrogen and oxygen atoms in total. The second kappa shape index (κ2) is 6.92. The van der Waals surface area contributed by atoms with Gasteiger partial charge in [0.05, 0.1) is 18.8 Å². The van der Waals surface area contributed by atoms with Crippen LogP contribution in [0.25, 0.3) is 0 Å². The molecular formula is C14H25NO3. The van der Waals surface area contributed by atoms with Gasteiger partial charge >= 0.3 is 0 Å². The van der Waals surface area contributed by atoms with Gasteiger partial charge in [-0.25, -0.2) is 0 Å². The minimum Gasteiger partial charge on any atom is -0.466 e. The summed E-state index contributed by atoms with van der Waals surface area (Å²) < 4.78 is 10.9. The largest absolute Gasteiger partial charge is 0.466 e. The number of aryl methyl sites for hydroxylation is 2. The molecule has 1 aromatic heterocycles. The Bertz CT molecular complexity index is 360. The van der Waals surface area contributed by atoms with Gasteiger partial charge in [0.1, 0.15) is 11.5 Å². The summed E-state index contributed by atoms with van der Waals surface area (Å²) in [5.74, 6) is 1.85. The number of ether oxygens (including phenoxy) is 1. The minimum absolute atomic E-state index is 0.149. The van der Waals surface area contributed by atoms with Crippen molar-refractivity contribution in [3.8, 4) is 0 Å². The van der Waals surface area contributed by atoms with Crippen molar-refractivity contribution in [1.82, 2.24) is 5.32 Å². The van der Waals surface area contributed by atoms with Gasteiger partial charge in [0, 0.05) is 18.2 Å². The van der Waals surface area contributed by atoms with E-state index in [0.717, 1.165) is 17.1 Å². The van der Waals surface area contributed by atoms with Crippen LogP contribution >= 0.6 is 0 Å². The average molecular weight is 255 g/mol. The maximum atomic E-state index is 9.76. The predicted octanol–water partition coefficient (Wildman–Crippen LogP) is 2.33. The van der Waals surface area contributed by atoms with Gasteiger partial charge in [-0.05, 0) is 40.7 Å². The van der Waals surface area contributed by atoms with Crippen LogP contribution in [0.2, 0.25) is 0 Å². The van der Waals surface area contributed by atoms with E-state index in [4.69, 9.17) is 9.15 Å². The first-order chi connectivity index (χ1) is 8.40. The molecule has 104 valence electrons. The van der Waals surface area contributed by atoms with Crippen LogP contribution in [-0.4, -0.2) is 30.5 Å². The molecule has 2 N–H and O–H groups in total. The lowest BCUT2D eigenvalue weighted by atomic mass is 10.1. The van der Waals surface area contributed by atoms with Crippen molar-refractivity contribution in [1.29, 1.82) is 0 Å². The van der Waals surface area contributed by atoms with Gasteiger partial charge in [0.2, 0.25) is 0 Å². The molecule has 0 radical (unpaired) electrons. The lowest BCUT2D eigenvalue weighted by molar-refractivity contribution is 0.00559. The number of nitrogens with one attached hydrogen (secondary N) is 1. The second-order valence-corrected chi connectivity index (χ2v) is 5.03. The lowest BCUT2D eigenvalue weighted by Gasteiger charge is -2.18. The Labute approximate surface area is 109 Å². The molecule has 0 aliphatic carbocycles. The molecule has 4 heteroatoms. The minimum atomic E-state index is -0.483.